The summed E-state index contributed by atoms with van der Waals surface area (Å²) in [4.78, 5) is 35.2. The Hall–Kier alpha value is -2.71. The number of nitrogens with zero attached hydrogens (tertiary/aromatic N) is 1. The topological polar surface area (TPSA) is 94.2 Å². The lowest BCUT2D eigenvalue weighted by Gasteiger charge is -2.13. The van der Waals surface area contributed by atoms with Gasteiger partial charge in [-0.15, -0.1) is 0 Å². The van der Waals surface area contributed by atoms with Crippen LogP contribution in [0.4, 0.5) is 4.79 Å². The van der Waals surface area contributed by atoms with Gasteiger partial charge >= 0.3 is 6.09 Å². The summed E-state index contributed by atoms with van der Waals surface area (Å²) in [6, 6.07) is 9.41. The third kappa shape index (κ3) is 7.04. The molecule has 1 aromatic rings. The van der Waals surface area contributed by atoms with Crippen molar-refractivity contribution in [3.63, 3.8) is 0 Å². The third-order valence-corrected chi connectivity index (χ3v) is 3.46. The van der Waals surface area contributed by atoms with Gasteiger partial charge in [-0.2, -0.15) is 0 Å². The van der Waals surface area contributed by atoms with Gasteiger partial charge < -0.3 is 19.5 Å². The van der Waals surface area contributed by atoms with E-state index in [1.54, 1.807) is 0 Å². The predicted molar refractivity (Wildman–Crippen MR) is 92.1 cm³/mol. The fourth-order valence-electron chi connectivity index (χ4n) is 2.13. The molecule has 0 aromatic heterocycles. The van der Waals surface area contributed by atoms with Crippen molar-refractivity contribution in [1.82, 2.24) is 10.2 Å². The molecule has 8 heteroatoms. The average molecular weight is 362 g/mol. The van der Waals surface area contributed by atoms with E-state index < -0.39 is 6.09 Å². The highest BCUT2D eigenvalue weighted by Gasteiger charge is 2.22. The molecular weight excluding hydrogens is 340 g/mol. The number of amides is 3. The standard InChI is InChI=1S/C18H22N2O6/c21-16-6-7-17(22)20(16)9-11-25-13-12-24-10-8-19-18(23)26-14-15-4-2-1-3-5-15/h1-7H,8-14H2,(H,19,23). The molecule has 0 saturated carbocycles. The number of imide groups is 1. The van der Waals surface area contributed by atoms with Crippen molar-refractivity contribution in [3.05, 3.63) is 48.0 Å². The van der Waals surface area contributed by atoms with E-state index in [-0.39, 0.29) is 31.6 Å². The number of hydrogen-bond acceptors (Lipinski definition) is 6. The van der Waals surface area contributed by atoms with Crippen LogP contribution in [0.2, 0.25) is 0 Å². The van der Waals surface area contributed by atoms with Crippen molar-refractivity contribution >= 4 is 17.9 Å². The molecule has 0 radical (unpaired) electrons. The molecule has 1 heterocycles. The lowest BCUT2D eigenvalue weighted by molar-refractivity contribution is -0.137. The first-order valence-electron chi connectivity index (χ1n) is 8.30. The number of carbonyl (C=O) groups excluding carboxylic acids is 3. The maximum Gasteiger partial charge on any atom is 0.407 e. The molecule has 0 fully saturated rings. The molecule has 26 heavy (non-hydrogen) atoms. The second kappa shape index (κ2) is 11.0. The molecule has 0 spiro atoms. The fraction of sp³-hybridized carbons (Fsp3) is 0.389. The number of ether oxygens (including phenoxy) is 3. The van der Waals surface area contributed by atoms with Crippen molar-refractivity contribution in [3.8, 4) is 0 Å². The van der Waals surface area contributed by atoms with Crippen LogP contribution in [0.15, 0.2) is 42.5 Å². The third-order valence-electron chi connectivity index (χ3n) is 3.46. The number of hydrogen-bond donors (Lipinski definition) is 1. The van der Waals surface area contributed by atoms with Crippen LogP contribution < -0.4 is 5.32 Å². The highest BCUT2D eigenvalue weighted by molar-refractivity contribution is 6.12. The fourth-order valence-corrected chi connectivity index (χ4v) is 2.13. The lowest BCUT2D eigenvalue weighted by atomic mass is 10.2. The minimum Gasteiger partial charge on any atom is -0.445 e. The molecule has 0 saturated heterocycles. The molecule has 1 aromatic carbocycles. The molecule has 1 aliphatic heterocycles. The van der Waals surface area contributed by atoms with Crippen LogP contribution in [0.5, 0.6) is 0 Å². The maximum atomic E-state index is 11.5. The zero-order valence-electron chi connectivity index (χ0n) is 14.4. The van der Waals surface area contributed by atoms with Gasteiger partial charge in [0.25, 0.3) is 11.8 Å². The molecule has 0 bridgehead atoms. The van der Waals surface area contributed by atoms with Gasteiger partial charge in [0.15, 0.2) is 0 Å². The number of rotatable bonds is 11. The Balaban J connectivity index is 1.39. The van der Waals surface area contributed by atoms with Crippen LogP contribution in [0.25, 0.3) is 0 Å². The van der Waals surface area contributed by atoms with E-state index in [4.69, 9.17) is 14.2 Å². The van der Waals surface area contributed by atoms with Crippen LogP contribution >= 0.6 is 0 Å². The number of carbonyl (C=O) groups is 3. The Bertz CT molecular complexity index is 614. The van der Waals surface area contributed by atoms with Crippen molar-refractivity contribution in [2.75, 3.05) is 39.5 Å². The van der Waals surface area contributed by atoms with E-state index in [9.17, 15) is 14.4 Å². The van der Waals surface area contributed by atoms with E-state index >= 15 is 0 Å². The molecule has 1 aliphatic rings. The summed E-state index contributed by atoms with van der Waals surface area (Å²) in [6.07, 6.45) is 1.98. The first kappa shape index (κ1) is 19.6. The number of alkyl carbamates (subject to hydrolysis) is 1. The summed E-state index contributed by atoms with van der Waals surface area (Å²) in [5.41, 5.74) is 0.921. The minimum absolute atomic E-state index is 0.221. The SMILES string of the molecule is O=C(NCCOCCOCCN1C(=O)C=CC1=O)OCc1ccccc1. The summed E-state index contributed by atoms with van der Waals surface area (Å²) in [5.74, 6) is -0.639. The molecule has 2 rings (SSSR count). The van der Waals surface area contributed by atoms with Crippen molar-refractivity contribution in [2.45, 2.75) is 6.61 Å². The van der Waals surface area contributed by atoms with Crippen LogP contribution in [0.3, 0.4) is 0 Å². The zero-order valence-corrected chi connectivity index (χ0v) is 14.4. The monoisotopic (exact) mass is 362 g/mol. The number of benzene rings is 1. The molecule has 3 amide bonds. The average Bonchev–Trinajstić information content (AvgIpc) is 2.97. The summed E-state index contributed by atoms with van der Waals surface area (Å²) in [6.45, 7) is 2.04. The van der Waals surface area contributed by atoms with Crippen molar-refractivity contribution in [2.24, 2.45) is 0 Å². The Kier molecular flexibility index (Phi) is 8.31. The van der Waals surface area contributed by atoms with Gasteiger partial charge in [-0.1, -0.05) is 30.3 Å². The molecule has 8 nitrogen and oxygen atoms in total. The zero-order chi connectivity index (χ0) is 18.6. The maximum absolute atomic E-state index is 11.5. The first-order valence-corrected chi connectivity index (χ1v) is 8.30. The lowest BCUT2D eigenvalue weighted by Crippen LogP contribution is -2.33. The second-order valence-corrected chi connectivity index (χ2v) is 5.37. The minimum atomic E-state index is -0.498. The molecule has 0 atom stereocenters. The second-order valence-electron chi connectivity index (χ2n) is 5.37. The molecule has 140 valence electrons. The molecule has 1 N–H and O–H groups in total. The van der Waals surface area contributed by atoms with Crippen molar-refractivity contribution in [1.29, 1.82) is 0 Å². The number of nitrogens with one attached hydrogen (secondary N) is 1. The van der Waals surface area contributed by atoms with Gasteiger partial charge in [0.1, 0.15) is 6.61 Å². The van der Waals surface area contributed by atoms with Gasteiger partial charge in [-0.05, 0) is 5.56 Å². The van der Waals surface area contributed by atoms with Crippen molar-refractivity contribution < 1.29 is 28.6 Å². The van der Waals surface area contributed by atoms with Gasteiger partial charge in [-0.3, -0.25) is 14.5 Å². The first-order chi connectivity index (χ1) is 12.7. The quantitative estimate of drug-likeness (QED) is 0.464. The van der Waals surface area contributed by atoms with Crippen LogP contribution in [-0.2, 0) is 30.4 Å². The molecular formula is C18H22N2O6. The normalized spacial score (nSPS) is 13.3. The Morgan fingerprint density at radius 2 is 1.58 bits per heavy atom. The van der Waals surface area contributed by atoms with E-state index in [0.29, 0.717) is 26.4 Å². The highest BCUT2D eigenvalue weighted by Crippen LogP contribution is 2.02. The van der Waals surface area contributed by atoms with E-state index in [1.807, 2.05) is 30.3 Å². The van der Waals surface area contributed by atoms with Crippen LogP contribution in [-0.4, -0.2) is 62.3 Å². The van der Waals surface area contributed by atoms with E-state index in [1.165, 1.54) is 12.2 Å². The smallest absolute Gasteiger partial charge is 0.407 e. The summed E-state index contributed by atoms with van der Waals surface area (Å²) >= 11 is 0. The Morgan fingerprint density at radius 1 is 0.923 bits per heavy atom. The van der Waals surface area contributed by atoms with Crippen LogP contribution in [0.1, 0.15) is 5.56 Å². The summed E-state index contributed by atoms with van der Waals surface area (Å²) in [7, 11) is 0. The largest absolute Gasteiger partial charge is 0.445 e. The predicted octanol–water partition coefficient (Wildman–Crippen LogP) is 0.871. The highest BCUT2D eigenvalue weighted by atomic mass is 16.5. The van der Waals surface area contributed by atoms with Gasteiger partial charge in [-0.25, -0.2) is 4.79 Å². The Morgan fingerprint density at radius 3 is 2.27 bits per heavy atom. The van der Waals surface area contributed by atoms with Gasteiger partial charge in [0, 0.05) is 18.7 Å². The van der Waals surface area contributed by atoms with Gasteiger partial charge in [0.05, 0.1) is 33.0 Å². The molecule has 0 unspecified atom stereocenters. The summed E-state index contributed by atoms with van der Waals surface area (Å²) in [5, 5.41) is 2.59. The summed E-state index contributed by atoms with van der Waals surface area (Å²) < 4.78 is 15.7. The van der Waals surface area contributed by atoms with E-state index in [2.05, 4.69) is 5.32 Å². The molecule has 0 aliphatic carbocycles. The van der Waals surface area contributed by atoms with E-state index in [0.717, 1.165) is 10.5 Å². The Labute approximate surface area is 151 Å². The van der Waals surface area contributed by atoms with Gasteiger partial charge in [0.2, 0.25) is 0 Å². The van der Waals surface area contributed by atoms with Crippen LogP contribution in [0, 0.1) is 0 Å².